The molecule has 0 fully saturated rings. The first-order valence-corrected chi connectivity index (χ1v) is 16.2. The maximum absolute atomic E-state index is 13.8. The number of ether oxygens (including phenoxy) is 2. The van der Waals surface area contributed by atoms with Gasteiger partial charge in [0, 0.05) is 70.3 Å². The molecule has 0 aliphatic carbocycles. The molecular formula is C35H41N7O5. The molecule has 6 rings (SSSR count). The Morgan fingerprint density at radius 2 is 1.70 bits per heavy atom. The summed E-state index contributed by atoms with van der Waals surface area (Å²) in [5.74, 6) is 1.93. The molecule has 0 unspecified atom stereocenters. The number of fused-ring (bicyclic) bond motifs is 5. The lowest BCUT2D eigenvalue weighted by Gasteiger charge is -2.25. The van der Waals surface area contributed by atoms with Crippen molar-refractivity contribution in [3.63, 3.8) is 0 Å². The maximum Gasteiger partial charge on any atom is 0.274 e. The third-order valence-electron chi connectivity index (χ3n) is 8.71. The number of likely N-dealkylation sites (N-methyl/N-ethyl adjacent to an activating group) is 1. The van der Waals surface area contributed by atoms with Gasteiger partial charge in [0.25, 0.3) is 11.8 Å². The zero-order chi connectivity index (χ0) is 32.8. The summed E-state index contributed by atoms with van der Waals surface area (Å²) in [4.78, 5) is 50.0. The second-order valence-electron chi connectivity index (χ2n) is 11.9. The number of carbonyl (C=O) groups is 3. The summed E-state index contributed by atoms with van der Waals surface area (Å²) in [5, 5.41) is 4.50. The second-order valence-corrected chi connectivity index (χ2v) is 11.9. The summed E-state index contributed by atoms with van der Waals surface area (Å²) < 4.78 is 15.2. The van der Waals surface area contributed by atoms with E-state index in [2.05, 4.69) is 14.6 Å². The zero-order valence-electron chi connectivity index (χ0n) is 27.0. The van der Waals surface area contributed by atoms with E-state index in [0.29, 0.717) is 83.1 Å². The molecule has 12 nitrogen and oxygen atoms in total. The largest absolute Gasteiger partial charge is 0.497 e. The van der Waals surface area contributed by atoms with Crippen LogP contribution < -0.4 is 9.47 Å². The predicted octanol–water partition coefficient (Wildman–Crippen LogP) is 3.62. The topological polar surface area (TPSA) is 115 Å². The third kappa shape index (κ3) is 7.48. The first kappa shape index (κ1) is 31.8. The highest BCUT2D eigenvalue weighted by Gasteiger charge is 2.27. The van der Waals surface area contributed by atoms with Gasteiger partial charge in [-0.3, -0.25) is 19.1 Å². The summed E-state index contributed by atoms with van der Waals surface area (Å²) in [6, 6.07) is 17.0. The fourth-order valence-corrected chi connectivity index (χ4v) is 6.07. The molecule has 0 N–H and O–H groups in total. The highest BCUT2D eigenvalue weighted by atomic mass is 16.5. The van der Waals surface area contributed by atoms with E-state index in [1.165, 1.54) is 0 Å². The van der Waals surface area contributed by atoms with Crippen molar-refractivity contribution in [3.8, 4) is 22.9 Å². The molecule has 3 amide bonds. The molecule has 2 aromatic heterocycles. The van der Waals surface area contributed by atoms with Crippen LogP contribution in [-0.2, 0) is 24.3 Å². The van der Waals surface area contributed by atoms with E-state index in [-0.39, 0.29) is 29.8 Å². The van der Waals surface area contributed by atoms with E-state index in [9.17, 15) is 14.4 Å². The Morgan fingerprint density at radius 3 is 2.55 bits per heavy atom. The van der Waals surface area contributed by atoms with Gasteiger partial charge in [0.05, 0.1) is 26.7 Å². The molecule has 0 saturated heterocycles. The smallest absolute Gasteiger partial charge is 0.274 e. The van der Waals surface area contributed by atoms with Crippen LogP contribution in [-0.4, -0.2) is 105 Å². The zero-order valence-corrected chi connectivity index (χ0v) is 27.0. The van der Waals surface area contributed by atoms with Gasteiger partial charge in [-0.15, -0.1) is 0 Å². The van der Waals surface area contributed by atoms with Gasteiger partial charge in [0.15, 0.2) is 5.69 Å². The number of carbonyl (C=O) groups excluding carboxylic acids is 3. The Hall–Kier alpha value is -5.13. The summed E-state index contributed by atoms with van der Waals surface area (Å²) in [7, 11) is 3.37. The van der Waals surface area contributed by atoms with E-state index < -0.39 is 0 Å². The number of rotatable bonds is 4. The Morgan fingerprint density at radius 1 is 0.894 bits per heavy atom. The van der Waals surface area contributed by atoms with Crippen molar-refractivity contribution in [2.75, 3.05) is 53.5 Å². The molecule has 2 aromatic carbocycles. The molecular weight excluding hydrogens is 598 g/mol. The molecule has 12 heteroatoms. The quantitative estimate of drug-likeness (QED) is 0.335. The number of imidazole rings is 1. The van der Waals surface area contributed by atoms with E-state index in [0.717, 1.165) is 22.7 Å². The minimum Gasteiger partial charge on any atom is -0.497 e. The van der Waals surface area contributed by atoms with Crippen LogP contribution in [0.15, 0.2) is 67.0 Å². The highest BCUT2D eigenvalue weighted by molar-refractivity contribution is 5.98. The van der Waals surface area contributed by atoms with Crippen LogP contribution in [0.5, 0.6) is 11.5 Å². The van der Waals surface area contributed by atoms with Crippen LogP contribution in [0, 0.1) is 0 Å². The molecule has 0 spiro atoms. The number of hydrogen-bond acceptors (Lipinski definition) is 7. The fourth-order valence-electron chi connectivity index (χ4n) is 6.07. The van der Waals surface area contributed by atoms with Crippen LogP contribution in [0.1, 0.15) is 45.8 Å². The highest BCUT2D eigenvalue weighted by Crippen LogP contribution is 2.24. The van der Waals surface area contributed by atoms with Crippen molar-refractivity contribution in [1.29, 1.82) is 0 Å². The van der Waals surface area contributed by atoms with Crippen molar-refractivity contribution in [2.45, 2.75) is 38.8 Å². The molecule has 2 aliphatic rings. The Bertz CT molecular complexity index is 1730. The molecule has 0 saturated carbocycles. The average molecular weight is 640 g/mol. The molecule has 0 radical (unpaired) electrons. The van der Waals surface area contributed by atoms with Gasteiger partial charge in [-0.25, -0.2) is 4.98 Å². The van der Waals surface area contributed by atoms with Crippen molar-refractivity contribution in [3.05, 3.63) is 83.9 Å². The van der Waals surface area contributed by atoms with Crippen molar-refractivity contribution >= 4 is 17.7 Å². The lowest BCUT2D eigenvalue weighted by Crippen LogP contribution is -2.37. The number of hydrogen-bond donors (Lipinski definition) is 0. The first-order chi connectivity index (χ1) is 22.9. The Kier molecular flexibility index (Phi) is 9.84. The fraction of sp³-hybridized carbons (Fsp3) is 0.400. The minimum atomic E-state index is -0.210. The number of methoxy groups -OCH3 is 1. The average Bonchev–Trinajstić information content (AvgIpc) is 3.74. The standard InChI is InChI=1S/C35H41N7O5/c1-38-17-20-42-31(35(38)45)25-30(37-42)34(44)41-14-4-3-13-39(32(43)23-26-8-5-10-28(22-26)46-2)18-19-40-16-12-36-33(40)27-9-6-11-29(24-27)47-21-7-15-41/h5-6,8-12,16,22,24-25H,3-4,7,13-15,17-21,23H2,1-2H3. The van der Waals surface area contributed by atoms with E-state index in [1.54, 1.807) is 40.9 Å². The number of nitrogens with zero attached hydrogens (tertiary/aromatic N) is 7. The van der Waals surface area contributed by atoms with E-state index >= 15 is 0 Å². The lowest BCUT2D eigenvalue weighted by molar-refractivity contribution is -0.130. The van der Waals surface area contributed by atoms with E-state index in [4.69, 9.17) is 9.47 Å². The van der Waals surface area contributed by atoms with Crippen LogP contribution >= 0.6 is 0 Å². The third-order valence-corrected chi connectivity index (χ3v) is 8.71. The van der Waals surface area contributed by atoms with Gasteiger partial charge < -0.3 is 28.7 Å². The minimum absolute atomic E-state index is 0.0272. The Labute approximate surface area is 274 Å². The summed E-state index contributed by atoms with van der Waals surface area (Å²) in [6.07, 6.45) is 6.00. The normalized spacial score (nSPS) is 16.1. The van der Waals surface area contributed by atoms with Gasteiger partial charge in [-0.1, -0.05) is 24.3 Å². The monoisotopic (exact) mass is 639 g/mol. The number of benzene rings is 2. The van der Waals surface area contributed by atoms with Crippen molar-refractivity contribution in [2.24, 2.45) is 0 Å². The van der Waals surface area contributed by atoms with Gasteiger partial charge >= 0.3 is 0 Å². The van der Waals surface area contributed by atoms with Crippen LogP contribution in [0.25, 0.3) is 11.4 Å². The Balaban J connectivity index is 1.22. The lowest BCUT2D eigenvalue weighted by atomic mass is 10.1. The number of amides is 3. The van der Waals surface area contributed by atoms with Crippen LogP contribution in [0.4, 0.5) is 0 Å². The van der Waals surface area contributed by atoms with Gasteiger partial charge in [-0.05, 0) is 49.1 Å². The van der Waals surface area contributed by atoms with Gasteiger partial charge in [0.1, 0.15) is 23.0 Å². The summed E-state index contributed by atoms with van der Waals surface area (Å²) >= 11 is 0. The molecule has 47 heavy (non-hydrogen) atoms. The first-order valence-electron chi connectivity index (χ1n) is 16.2. The SMILES string of the molecule is COc1cccc(CC(=O)N2CCCCN(C(=O)c3cc4n(n3)CCN(C)C4=O)CCCOc3cccc(c3)-c3nccn3CC2)c1. The summed E-state index contributed by atoms with van der Waals surface area (Å²) in [6.45, 7) is 4.13. The van der Waals surface area contributed by atoms with Crippen molar-refractivity contribution in [1.82, 2.24) is 34.0 Å². The molecule has 4 heterocycles. The molecule has 4 aromatic rings. The van der Waals surface area contributed by atoms with Crippen LogP contribution in [0.3, 0.4) is 0 Å². The van der Waals surface area contributed by atoms with Crippen molar-refractivity contribution < 1.29 is 23.9 Å². The molecule has 246 valence electrons. The molecule has 2 bridgehead atoms. The van der Waals surface area contributed by atoms with Gasteiger partial charge in [-0.2, -0.15) is 5.10 Å². The molecule has 0 atom stereocenters. The summed E-state index contributed by atoms with van der Waals surface area (Å²) in [5.41, 5.74) is 2.52. The predicted molar refractivity (Wildman–Crippen MR) is 175 cm³/mol. The molecule has 2 aliphatic heterocycles. The van der Waals surface area contributed by atoms with E-state index in [1.807, 2.05) is 59.6 Å². The van der Waals surface area contributed by atoms with Crippen LogP contribution in [0.2, 0.25) is 0 Å². The second kappa shape index (κ2) is 14.5. The maximum atomic E-state index is 13.8. The number of aromatic nitrogens is 4. The van der Waals surface area contributed by atoms with Gasteiger partial charge in [0.2, 0.25) is 5.91 Å².